The molecule has 7 heteroatoms. The third-order valence-corrected chi connectivity index (χ3v) is 6.67. The molecule has 0 unspecified atom stereocenters. The number of carbonyl (C=O) groups is 1. The van der Waals surface area contributed by atoms with Crippen molar-refractivity contribution in [2.24, 2.45) is 0 Å². The van der Waals surface area contributed by atoms with Gasteiger partial charge in [0.15, 0.2) is 0 Å². The van der Waals surface area contributed by atoms with E-state index in [9.17, 15) is 13.2 Å². The minimum Gasteiger partial charge on any atom is -0.329 e. The van der Waals surface area contributed by atoms with Crippen LogP contribution in [0.15, 0.2) is 65.6 Å². The normalized spacial score (nSPS) is 16.3. The summed E-state index contributed by atoms with van der Waals surface area (Å²) < 4.78 is 27.2. The summed E-state index contributed by atoms with van der Waals surface area (Å²) in [6.07, 6.45) is 4.25. The smallest absolute Gasteiger partial charge is 0.243 e. The molecular weight excluding hydrogens is 374 g/mol. The van der Waals surface area contributed by atoms with E-state index in [1.165, 1.54) is 17.4 Å². The fourth-order valence-corrected chi connectivity index (χ4v) is 4.68. The fourth-order valence-electron chi connectivity index (χ4n) is 3.24. The van der Waals surface area contributed by atoms with Gasteiger partial charge < -0.3 is 10.2 Å². The van der Waals surface area contributed by atoms with Crippen LogP contribution in [-0.4, -0.2) is 51.4 Å². The average molecular weight is 401 g/mol. The van der Waals surface area contributed by atoms with E-state index in [0.717, 1.165) is 19.6 Å². The van der Waals surface area contributed by atoms with Crippen molar-refractivity contribution in [1.29, 1.82) is 0 Å². The first-order valence-electron chi connectivity index (χ1n) is 9.38. The van der Waals surface area contributed by atoms with Crippen molar-refractivity contribution in [2.75, 3.05) is 38.0 Å². The summed E-state index contributed by atoms with van der Waals surface area (Å²) in [5.41, 5.74) is 1.76. The van der Waals surface area contributed by atoms with Crippen LogP contribution in [0.3, 0.4) is 0 Å². The molecule has 2 aromatic rings. The van der Waals surface area contributed by atoms with E-state index in [-0.39, 0.29) is 10.8 Å². The van der Waals surface area contributed by atoms with E-state index in [1.807, 2.05) is 18.2 Å². The highest BCUT2D eigenvalue weighted by Crippen LogP contribution is 2.18. The lowest BCUT2D eigenvalue weighted by Crippen LogP contribution is -3.14. The molecule has 1 amide bonds. The highest BCUT2D eigenvalue weighted by Gasteiger charge is 2.29. The molecule has 2 N–H and O–H groups in total. The van der Waals surface area contributed by atoms with Crippen LogP contribution in [0.2, 0.25) is 0 Å². The Labute approximate surface area is 166 Å². The van der Waals surface area contributed by atoms with E-state index < -0.39 is 10.0 Å². The number of quaternary nitrogens is 1. The molecule has 1 aliphatic heterocycles. The predicted molar refractivity (Wildman–Crippen MR) is 111 cm³/mol. The maximum Gasteiger partial charge on any atom is 0.243 e. The number of nitrogens with zero attached hydrogens (tertiary/aromatic N) is 1. The van der Waals surface area contributed by atoms with Crippen LogP contribution in [0.25, 0.3) is 6.08 Å². The number of piperazine rings is 1. The van der Waals surface area contributed by atoms with Gasteiger partial charge in [-0.1, -0.05) is 36.4 Å². The average Bonchev–Trinajstić information content (AvgIpc) is 2.69. The minimum absolute atomic E-state index is 0.184. The Bertz CT molecular complexity index is 917. The molecule has 1 aliphatic rings. The maximum atomic E-state index is 12.8. The monoisotopic (exact) mass is 400 g/mol. The molecule has 3 rings (SSSR count). The van der Waals surface area contributed by atoms with E-state index >= 15 is 0 Å². The van der Waals surface area contributed by atoms with Gasteiger partial charge in [-0.25, -0.2) is 8.42 Å². The van der Waals surface area contributed by atoms with Crippen LogP contribution < -0.4 is 10.2 Å². The number of amides is 1. The SMILES string of the molecule is CC(=O)Nc1ccc(S(=O)(=O)N2CC[NH+](C/C=C/c3ccccc3)CC2)cc1. The second kappa shape index (κ2) is 9.14. The van der Waals surface area contributed by atoms with Crippen LogP contribution in [0.5, 0.6) is 0 Å². The minimum atomic E-state index is -3.50. The highest BCUT2D eigenvalue weighted by atomic mass is 32.2. The first kappa shape index (κ1) is 20.3. The van der Waals surface area contributed by atoms with Gasteiger partial charge in [-0.2, -0.15) is 4.31 Å². The van der Waals surface area contributed by atoms with Gasteiger partial charge in [0, 0.05) is 12.6 Å². The lowest BCUT2D eigenvalue weighted by molar-refractivity contribution is -0.897. The quantitative estimate of drug-likeness (QED) is 0.767. The molecule has 0 aliphatic carbocycles. The van der Waals surface area contributed by atoms with Crippen molar-refractivity contribution >= 4 is 27.7 Å². The molecular formula is C21H26N3O3S+. The van der Waals surface area contributed by atoms with Crippen molar-refractivity contribution < 1.29 is 18.1 Å². The molecule has 1 saturated heterocycles. The van der Waals surface area contributed by atoms with E-state index in [2.05, 4.69) is 29.6 Å². The third kappa shape index (κ3) is 5.28. The molecule has 1 heterocycles. The van der Waals surface area contributed by atoms with Crippen LogP contribution in [0.4, 0.5) is 5.69 Å². The van der Waals surface area contributed by atoms with Gasteiger partial charge in [-0.15, -0.1) is 0 Å². The Morgan fingerprint density at radius 2 is 1.71 bits per heavy atom. The van der Waals surface area contributed by atoms with Gasteiger partial charge in [0.1, 0.15) is 0 Å². The Balaban J connectivity index is 1.54. The van der Waals surface area contributed by atoms with E-state index in [1.54, 1.807) is 28.6 Å². The molecule has 2 aromatic carbocycles. The van der Waals surface area contributed by atoms with Gasteiger partial charge in [0.05, 0.1) is 37.6 Å². The zero-order valence-electron chi connectivity index (χ0n) is 16.0. The number of hydrogen-bond donors (Lipinski definition) is 2. The first-order valence-corrected chi connectivity index (χ1v) is 10.8. The molecule has 1 fully saturated rings. The molecule has 6 nitrogen and oxygen atoms in total. The van der Waals surface area contributed by atoms with Crippen LogP contribution in [0, 0.1) is 0 Å². The number of anilines is 1. The second-order valence-corrected chi connectivity index (χ2v) is 8.81. The number of carbonyl (C=O) groups excluding carboxylic acids is 1. The van der Waals surface area contributed by atoms with Gasteiger partial charge >= 0.3 is 0 Å². The number of sulfonamides is 1. The summed E-state index contributed by atoms with van der Waals surface area (Å²) in [5.74, 6) is -0.184. The first-order chi connectivity index (χ1) is 13.4. The Morgan fingerprint density at radius 3 is 2.32 bits per heavy atom. The fraction of sp³-hybridized carbons (Fsp3) is 0.286. The zero-order valence-corrected chi connectivity index (χ0v) is 16.8. The van der Waals surface area contributed by atoms with Crippen molar-refractivity contribution in [1.82, 2.24) is 4.31 Å². The summed E-state index contributed by atoms with van der Waals surface area (Å²) in [6, 6.07) is 16.5. The zero-order chi connectivity index (χ0) is 20.0. The van der Waals surface area contributed by atoms with Gasteiger partial charge in [-0.05, 0) is 35.9 Å². The molecule has 148 valence electrons. The van der Waals surface area contributed by atoms with Gasteiger partial charge in [0.2, 0.25) is 15.9 Å². The number of rotatable bonds is 6. The summed E-state index contributed by atoms with van der Waals surface area (Å²) in [5, 5.41) is 2.64. The van der Waals surface area contributed by atoms with Crippen molar-refractivity contribution in [3.8, 4) is 0 Å². The predicted octanol–water partition coefficient (Wildman–Crippen LogP) is 1.25. The molecule has 0 atom stereocenters. The van der Waals surface area contributed by atoms with Crippen molar-refractivity contribution in [2.45, 2.75) is 11.8 Å². The Morgan fingerprint density at radius 1 is 1.07 bits per heavy atom. The molecule has 0 bridgehead atoms. The number of benzene rings is 2. The molecule has 0 saturated carbocycles. The van der Waals surface area contributed by atoms with Crippen molar-refractivity contribution in [3.05, 3.63) is 66.2 Å². The Hall–Kier alpha value is -2.48. The second-order valence-electron chi connectivity index (χ2n) is 6.88. The molecule has 28 heavy (non-hydrogen) atoms. The van der Waals surface area contributed by atoms with Gasteiger partial charge in [0.25, 0.3) is 0 Å². The highest BCUT2D eigenvalue weighted by molar-refractivity contribution is 7.89. The summed E-state index contributed by atoms with van der Waals surface area (Å²) >= 11 is 0. The number of nitrogens with one attached hydrogen (secondary N) is 2. The number of hydrogen-bond acceptors (Lipinski definition) is 3. The summed E-state index contributed by atoms with van der Waals surface area (Å²) in [7, 11) is -3.50. The van der Waals surface area contributed by atoms with E-state index in [0.29, 0.717) is 18.8 Å². The molecule has 0 radical (unpaired) electrons. The van der Waals surface area contributed by atoms with Crippen LogP contribution >= 0.6 is 0 Å². The Kier molecular flexibility index (Phi) is 6.61. The lowest BCUT2D eigenvalue weighted by atomic mass is 10.2. The lowest BCUT2D eigenvalue weighted by Gasteiger charge is -2.31. The standard InChI is InChI=1S/C21H25N3O3S/c1-18(25)22-20-9-11-21(12-10-20)28(26,27)24-16-14-23(15-17-24)13-5-8-19-6-3-2-4-7-19/h2-12H,13-17H2,1H3,(H,22,25)/p+1/b8-5+. The van der Waals surface area contributed by atoms with Crippen molar-refractivity contribution in [3.63, 3.8) is 0 Å². The topological polar surface area (TPSA) is 70.9 Å². The maximum absolute atomic E-state index is 12.8. The van der Waals surface area contributed by atoms with Crippen LogP contribution in [0.1, 0.15) is 12.5 Å². The van der Waals surface area contributed by atoms with Crippen LogP contribution in [-0.2, 0) is 14.8 Å². The third-order valence-electron chi connectivity index (χ3n) is 4.76. The largest absolute Gasteiger partial charge is 0.329 e. The van der Waals surface area contributed by atoms with E-state index in [4.69, 9.17) is 0 Å². The summed E-state index contributed by atoms with van der Waals surface area (Å²) in [4.78, 5) is 12.7. The molecule has 0 aromatic heterocycles. The summed E-state index contributed by atoms with van der Waals surface area (Å²) in [6.45, 7) is 4.87. The molecule has 0 spiro atoms. The van der Waals surface area contributed by atoms with Gasteiger partial charge in [-0.3, -0.25) is 4.79 Å².